The molecule has 7 nitrogen and oxygen atoms in total. The van der Waals surface area contributed by atoms with Gasteiger partial charge in [-0.25, -0.2) is 0 Å². The number of aryl methyl sites for hydroxylation is 1. The van der Waals surface area contributed by atoms with Crippen molar-refractivity contribution < 1.29 is 14.4 Å². The fourth-order valence-electron chi connectivity index (χ4n) is 3.47. The third kappa shape index (κ3) is 6.22. The molecule has 0 radical (unpaired) electrons. The summed E-state index contributed by atoms with van der Waals surface area (Å²) in [6, 6.07) is 22.2. The number of hydrogen-bond acceptors (Lipinski definition) is 4. The molecule has 0 aromatic heterocycles. The van der Waals surface area contributed by atoms with Crippen molar-refractivity contribution in [3.63, 3.8) is 0 Å². The lowest BCUT2D eigenvalue weighted by molar-refractivity contribution is -0.114. The zero-order valence-corrected chi connectivity index (χ0v) is 19.1. The molecule has 0 atom stereocenters. The average molecular weight is 457 g/mol. The summed E-state index contributed by atoms with van der Waals surface area (Å²) in [5.41, 5.74) is 4.06. The summed E-state index contributed by atoms with van der Waals surface area (Å²) >= 11 is 0. The van der Waals surface area contributed by atoms with Crippen LogP contribution in [-0.2, 0) is 11.3 Å². The van der Waals surface area contributed by atoms with Crippen LogP contribution in [0.1, 0.15) is 44.7 Å². The molecule has 0 heterocycles. The second-order valence-electron chi connectivity index (χ2n) is 8.41. The minimum atomic E-state index is -0.318. The molecule has 1 aliphatic rings. The molecule has 174 valence electrons. The van der Waals surface area contributed by atoms with Gasteiger partial charge in [-0.1, -0.05) is 54.1 Å². The van der Waals surface area contributed by atoms with Gasteiger partial charge in [0.1, 0.15) is 0 Å². The molecule has 1 saturated carbocycles. The minimum absolute atomic E-state index is 0.0547. The number of benzene rings is 3. The lowest BCUT2D eigenvalue weighted by atomic mass is 10.1. The molecule has 1 aliphatic carbocycles. The first kappa shape index (κ1) is 23.0. The van der Waals surface area contributed by atoms with Gasteiger partial charge in [0.25, 0.3) is 11.8 Å². The first-order valence-electron chi connectivity index (χ1n) is 11.4. The normalized spacial score (nSPS) is 12.5. The molecule has 0 spiro atoms. The summed E-state index contributed by atoms with van der Waals surface area (Å²) in [4.78, 5) is 37.8. The number of hydrogen-bond donors (Lipinski definition) is 4. The van der Waals surface area contributed by atoms with E-state index >= 15 is 0 Å². The van der Waals surface area contributed by atoms with E-state index in [-0.39, 0.29) is 30.3 Å². The summed E-state index contributed by atoms with van der Waals surface area (Å²) in [5.74, 6) is -0.741. The molecule has 0 unspecified atom stereocenters. The van der Waals surface area contributed by atoms with Gasteiger partial charge in [-0.3, -0.25) is 14.4 Å². The van der Waals surface area contributed by atoms with Crippen molar-refractivity contribution in [3.05, 3.63) is 95.1 Å². The van der Waals surface area contributed by atoms with Crippen molar-refractivity contribution in [2.24, 2.45) is 0 Å². The lowest BCUT2D eigenvalue weighted by Gasteiger charge is -2.14. The van der Waals surface area contributed by atoms with Crippen LogP contribution in [0.5, 0.6) is 0 Å². The van der Waals surface area contributed by atoms with E-state index in [2.05, 4.69) is 21.3 Å². The maximum absolute atomic E-state index is 12.8. The van der Waals surface area contributed by atoms with Crippen LogP contribution in [0.4, 0.5) is 11.4 Å². The van der Waals surface area contributed by atoms with E-state index < -0.39 is 0 Å². The van der Waals surface area contributed by atoms with E-state index in [4.69, 9.17) is 0 Å². The van der Waals surface area contributed by atoms with Crippen LogP contribution in [0.25, 0.3) is 0 Å². The molecule has 0 saturated heterocycles. The van der Waals surface area contributed by atoms with E-state index in [9.17, 15) is 14.4 Å². The van der Waals surface area contributed by atoms with Crippen LogP contribution < -0.4 is 21.3 Å². The Kier molecular flexibility index (Phi) is 7.22. The lowest BCUT2D eigenvalue weighted by Crippen LogP contribution is -2.28. The quantitative estimate of drug-likeness (QED) is 0.393. The summed E-state index contributed by atoms with van der Waals surface area (Å²) in [6.07, 6.45) is 1.98. The van der Waals surface area contributed by atoms with Gasteiger partial charge in [0, 0.05) is 18.3 Å². The van der Waals surface area contributed by atoms with Gasteiger partial charge in [-0.15, -0.1) is 0 Å². The molecular formula is C27H28N4O3. The van der Waals surface area contributed by atoms with Gasteiger partial charge in [0.2, 0.25) is 5.91 Å². The Hall–Kier alpha value is -4.13. The van der Waals surface area contributed by atoms with Crippen molar-refractivity contribution in [3.8, 4) is 0 Å². The summed E-state index contributed by atoms with van der Waals surface area (Å²) in [6.45, 7) is 2.37. The Balaban J connectivity index is 1.35. The highest BCUT2D eigenvalue weighted by Crippen LogP contribution is 2.22. The van der Waals surface area contributed by atoms with Crippen LogP contribution in [0.2, 0.25) is 0 Å². The highest BCUT2D eigenvalue weighted by Gasteiger charge is 2.25. The van der Waals surface area contributed by atoms with E-state index in [1.807, 2.05) is 31.2 Å². The Bertz CT molecular complexity index is 1190. The van der Waals surface area contributed by atoms with Gasteiger partial charge < -0.3 is 21.3 Å². The number of amides is 3. The SMILES string of the molecule is Cc1ccc(CNC(=O)c2ccccc2NCC(=O)Nc2ccccc2C(=O)NC2CC2)cc1. The zero-order chi connectivity index (χ0) is 23.9. The number of rotatable bonds is 9. The molecule has 3 amide bonds. The fourth-order valence-corrected chi connectivity index (χ4v) is 3.47. The van der Waals surface area contributed by atoms with Crippen LogP contribution in [-0.4, -0.2) is 30.3 Å². The predicted octanol–water partition coefficient (Wildman–Crippen LogP) is 3.87. The van der Waals surface area contributed by atoms with E-state index in [0.29, 0.717) is 29.0 Å². The molecule has 34 heavy (non-hydrogen) atoms. The standard InChI is InChI=1S/C27H28N4O3/c1-18-10-12-19(13-11-18)16-29-26(33)21-6-2-4-8-23(21)28-17-25(32)31-24-9-5-3-7-22(24)27(34)30-20-14-15-20/h2-13,20,28H,14-17H2,1H3,(H,29,33)(H,30,34)(H,31,32). The van der Waals surface area contributed by atoms with E-state index in [1.54, 1.807) is 48.5 Å². The maximum Gasteiger partial charge on any atom is 0.253 e. The zero-order valence-electron chi connectivity index (χ0n) is 19.1. The average Bonchev–Trinajstić information content (AvgIpc) is 3.66. The Morgan fingerprint density at radius 3 is 2.09 bits per heavy atom. The third-order valence-corrected chi connectivity index (χ3v) is 5.54. The summed E-state index contributed by atoms with van der Waals surface area (Å²) < 4.78 is 0. The topological polar surface area (TPSA) is 99.3 Å². The molecule has 4 rings (SSSR count). The summed E-state index contributed by atoms with van der Waals surface area (Å²) in [7, 11) is 0. The second kappa shape index (κ2) is 10.7. The first-order chi connectivity index (χ1) is 16.5. The Morgan fingerprint density at radius 1 is 0.794 bits per heavy atom. The largest absolute Gasteiger partial charge is 0.376 e. The monoisotopic (exact) mass is 456 g/mol. The third-order valence-electron chi connectivity index (χ3n) is 5.54. The van der Waals surface area contributed by atoms with Crippen molar-refractivity contribution in [2.75, 3.05) is 17.2 Å². The van der Waals surface area contributed by atoms with Crippen molar-refractivity contribution in [1.29, 1.82) is 0 Å². The molecular weight excluding hydrogens is 428 g/mol. The van der Waals surface area contributed by atoms with E-state index in [1.165, 1.54) is 0 Å². The summed E-state index contributed by atoms with van der Waals surface area (Å²) in [5, 5.41) is 11.7. The number of nitrogens with one attached hydrogen (secondary N) is 4. The maximum atomic E-state index is 12.8. The van der Waals surface area contributed by atoms with Crippen LogP contribution in [0.15, 0.2) is 72.8 Å². The van der Waals surface area contributed by atoms with Gasteiger partial charge in [0.05, 0.1) is 23.4 Å². The number of para-hydroxylation sites is 2. The molecule has 7 heteroatoms. The molecule has 4 N–H and O–H groups in total. The molecule has 3 aromatic rings. The first-order valence-corrected chi connectivity index (χ1v) is 11.4. The fraction of sp³-hybridized carbons (Fsp3) is 0.222. The van der Waals surface area contributed by atoms with Gasteiger partial charge in [0.15, 0.2) is 0 Å². The molecule has 3 aromatic carbocycles. The van der Waals surface area contributed by atoms with Crippen LogP contribution in [0.3, 0.4) is 0 Å². The molecule has 0 aliphatic heterocycles. The van der Waals surface area contributed by atoms with Crippen molar-refractivity contribution >= 4 is 29.1 Å². The van der Waals surface area contributed by atoms with Gasteiger partial charge in [-0.2, -0.15) is 0 Å². The van der Waals surface area contributed by atoms with Crippen molar-refractivity contribution in [2.45, 2.75) is 32.4 Å². The van der Waals surface area contributed by atoms with Gasteiger partial charge in [-0.05, 0) is 49.6 Å². The number of carbonyl (C=O) groups is 3. The molecule has 0 bridgehead atoms. The van der Waals surface area contributed by atoms with Crippen molar-refractivity contribution in [1.82, 2.24) is 10.6 Å². The van der Waals surface area contributed by atoms with Crippen LogP contribution in [0, 0.1) is 6.92 Å². The van der Waals surface area contributed by atoms with Gasteiger partial charge >= 0.3 is 0 Å². The van der Waals surface area contributed by atoms with E-state index in [0.717, 1.165) is 24.0 Å². The smallest absolute Gasteiger partial charge is 0.253 e. The second-order valence-corrected chi connectivity index (χ2v) is 8.41. The number of carbonyl (C=O) groups excluding carboxylic acids is 3. The highest BCUT2D eigenvalue weighted by atomic mass is 16.2. The predicted molar refractivity (Wildman–Crippen MR) is 133 cm³/mol. The Morgan fingerprint density at radius 2 is 1.41 bits per heavy atom. The van der Waals surface area contributed by atoms with Crippen LogP contribution >= 0.6 is 0 Å². The highest BCUT2D eigenvalue weighted by molar-refractivity contribution is 6.05. The molecule has 1 fully saturated rings. The Labute approximate surface area is 199 Å². The minimum Gasteiger partial charge on any atom is -0.376 e. The number of anilines is 2.